The highest BCUT2D eigenvalue weighted by atomic mass is 32.2. The summed E-state index contributed by atoms with van der Waals surface area (Å²) in [7, 11) is -2.76. The molecule has 1 unspecified atom stereocenters. The van der Waals surface area contributed by atoms with Crippen LogP contribution < -0.4 is 5.32 Å². The van der Waals surface area contributed by atoms with Gasteiger partial charge in [-0.25, -0.2) is 8.42 Å². The first-order valence-corrected chi connectivity index (χ1v) is 7.57. The molecule has 0 aromatic rings. The van der Waals surface area contributed by atoms with Gasteiger partial charge < -0.3 is 10.4 Å². The molecule has 0 aromatic heterocycles. The molecule has 0 spiro atoms. The lowest BCUT2D eigenvalue weighted by molar-refractivity contribution is -0.684. The molecule has 1 atom stereocenters. The molecule has 16 heavy (non-hydrogen) atoms. The van der Waals surface area contributed by atoms with Gasteiger partial charge in [0.1, 0.15) is 11.8 Å². The number of nitrogens with two attached hydrogens (primary N) is 1. The molecule has 0 bridgehead atoms. The minimum Gasteiger partial charge on any atom is -0.481 e. The molecule has 0 radical (unpaired) electrons. The van der Waals surface area contributed by atoms with Gasteiger partial charge in [-0.1, -0.05) is 0 Å². The molecule has 5 nitrogen and oxygen atoms in total. The third kappa shape index (κ3) is 5.46. The Kier molecular flexibility index (Phi) is 5.21. The van der Waals surface area contributed by atoms with Crippen molar-refractivity contribution >= 4 is 15.8 Å². The quantitative estimate of drug-likeness (QED) is 0.590. The smallest absolute Gasteiger partial charge is 0.303 e. The van der Waals surface area contributed by atoms with Gasteiger partial charge in [0.15, 0.2) is 9.84 Å². The zero-order chi connectivity index (χ0) is 12.0. The van der Waals surface area contributed by atoms with Crippen LogP contribution in [0.2, 0.25) is 0 Å². The van der Waals surface area contributed by atoms with E-state index >= 15 is 0 Å². The van der Waals surface area contributed by atoms with Crippen LogP contribution in [0.3, 0.4) is 0 Å². The van der Waals surface area contributed by atoms with E-state index in [-0.39, 0.29) is 12.5 Å². The largest absolute Gasteiger partial charge is 0.481 e. The first-order chi connectivity index (χ1) is 7.49. The second-order valence-electron chi connectivity index (χ2n) is 4.39. The summed E-state index contributed by atoms with van der Waals surface area (Å²) < 4.78 is 22.3. The fraction of sp³-hybridized carbons (Fsp3) is 0.900. The summed E-state index contributed by atoms with van der Waals surface area (Å²) in [4.78, 5) is 10.2. The summed E-state index contributed by atoms with van der Waals surface area (Å²) in [6.45, 7) is 0.903. The Labute approximate surface area is 96.1 Å². The predicted molar refractivity (Wildman–Crippen MR) is 60.0 cm³/mol. The summed E-state index contributed by atoms with van der Waals surface area (Å²) in [5.41, 5.74) is 0. The summed E-state index contributed by atoms with van der Waals surface area (Å²) >= 11 is 0. The van der Waals surface area contributed by atoms with E-state index in [1.165, 1.54) is 0 Å². The fourth-order valence-electron chi connectivity index (χ4n) is 1.96. The summed E-state index contributed by atoms with van der Waals surface area (Å²) in [6.07, 6.45) is 3.58. The van der Waals surface area contributed by atoms with Gasteiger partial charge in [-0.15, -0.1) is 0 Å². The molecule has 0 aromatic carbocycles. The van der Waals surface area contributed by atoms with E-state index in [1.54, 1.807) is 0 Å². The highest BCUT2D eigenvalue weighted by Gasteiger charge is 2.29. The molecule has 3 N–H and O–H groups in total. The monoisotopic (exact) mass is 250 g/mol. The van der Waals surface area contributed by atoms with Crippen LogP contribution in [0.1, 0.15) is 32.1 Å². The van der Waals surface area contributed by atoms with Gasteiger partial charge in [0.05, 0.1) is 12.3 Å². The third-order valence-corrected chi connectivity index (χ3v) is 4.66. The number of carboxylic acids is 1. The number of quaternary nitrogens is 1. The van der Waals surface area contributed by atoms with Crippen molar-refractivity contribution in [1.82, 2.24) is 0 Å². The van der Waals surface area contributed by atoms with Crippen molar-refractivity contribution in [1.29, 1.82) is 0 Å². The van der Waals surface area contributed by atoms with Gasteiger partial charge in [0.2, 0.25) is 0 Å². The molecule has 94 valence electrons. The fourth-order valence-corrected chi connectivity index (χ4v) is 3.74. The van der Waals surface area contributed by atoms with Crippen molar-refractivity contribution in [2.75, 3.05) is 18.1 Å². The number of sulfone groups is 1. The summed E-state index contributed by atoms with van der Waals surface area (Å²) in [5, 5.41) is 10.5. The molecular weight excluding hydrogens is 230 g/mol. The second kappa shape index (κ2) is 6.20. The molecule has 1 rings (SSSR count). The van der Waals surface area contributed by atoms with Crippen LogP contribution in [0, 0.1) is 0 Å². The Hall–Kier alpha value is -0.620. The number of carbonyl (C=O) groups is 1. The number of carboxylic acid groups (broad SMARTS) is 1. The van der Waals surface area contributed by atoms with Gasteiger partial charge in [0, 0.05) is 12.8 Å². The van der Waals surface area contributed by atoms with Gasteiger partial charge in [-0.05, 0) is 19.3 Å². The van der Waals surface area contributed by atoms with Crippen molar-refractivity contribution in [3.8, 4) is 0 Å². The maximum absolute atomic E-state index is 11.2. The maximum atomic E-state index is 11.2. The average molecular weight is 250 g/mol. The SMILES string of the molecule is O=C(O)CCCCC[NH2+]C1CCS(=O)(=O)C1. The normalized spacial score (nSPS) is 23.4. The van der Waals surface area contributed by atoms with Crippen LogP contribution >= 0.6 is 0 Å². The maximum Gasteiger partial charge on any atom is 0.303 e. The van der Waals surface area contributed by atoms with Crippen molar-refractivity contribution in [2.24, 2.45) is 0 Å². The van der Waals surface area contributed by atoms with Gasteiger partial charge in [-0.2, -0.15) is 0 Å². The molecule has 0 aliphatic carbocycles. The predicted octanol–water partition coefficient (Wildman–Crippen LogP) is -0.618. The summed E-state index contributed by atoms with van der Waals surface area (Å²) in [5.74, 6) is -0.110. The minimum atomic E-state index is -2.76. The highest BCUT2D eigenvalue weighted by molar-refractivity contribution is 7.91. The number of rotatable bonds is 7. The van der Waals surface area contributed by atoms with Crippen LogP contribution in [0.15, 0.2) is 0 Å². The highest BCUT2D eigenvalue weighted by Crippen LogP contribution is 2.07. The standard InChI is InChI=1S/C10H19NO4S/c12-10(13)4-2-1-3-6-11-9-5-7-16(14,15)8-9/h9,11H,1-8H2,(H,12,13)/p+1. The topological polar surface area (TPSA) is 88.0 Å². The molecule has 1 fully saturated rings. The Bertz CT molecular complexity index is 326. The number of hydrogen-bond acceptors (Lipinski definition) is 3. The van der Waals surface area contributed by atoms with Crippen LogP contribution in [-0.4, -0.2) is 43.6 Å². The van der Waals surface area contributed by atoms with Crippen molar-refractivity contribution in [2.45, 2.75) is 38.1 Å². The zero-order valence-corrected chi connectivity index (χ0v) is 10.2. The number of hydrogen-bond donors (Lipinski definition) is 2. The van der Waals surface area contributed by atoms with E-state index in [4.69, 9.17) is 5.11 Å². The van der Waals surface area contributed by atoms with Gasteiger partial charge in [0.25, 0.3) is 0 Å². The molecule has 1 heterocycles. The molecule has 6 heteroatoms. The Morgan fingerprint density at radius 1 is 1.31 bits per heavy atom. The number of aliphatic carboxylic acids is 1. The molecule has 1 saturated heterocycles. The van der Waals surface area contributed by atoms with E-state index in [9.17, 15) is 13.2 Å². The molecule has 1 aliphatic rings. The van der Waals surface area contributed by atoms with Gasteiger partial charge >= 0.3 is 5.97 Å². The summed E-state index contributed by atoms with van der Waals surface area (Å²) in [6, 6.07) is 0.226. The number of unbranched alkanes of at least 4 members (excludes halogenated alkanes) is 2. The van der Waals surface area contributed by atoms with Crippen LogP contribution in [0.25, 0.3) is 0 Å². The van der Waals surface area contributed by atoms with Crippen LogP contribution in [-0.2, 0) is 14.6 Å². The molecule has 0 saturated carbocycles. The average Bonchev–Trinajstić information content (AvgIpc) is 2.51. The molecular formula is C10H20NO4S+. The van der Waals surface area contributed by atoms with Crippen LogP contribution in [0.4, 0.5) is 0 Å². The molecule has 0 amide bonds. The Morgan fingerprint density at radius 2 is 2.06 bits per heavy atom. The minimum absolute atomic E-state index is 0.226. The lowest BCUT2D eigenvalue weighted by atomic mass is 10.2. The van der Waals surface area contributed by atoms with E-state index in [0.717, 1.165) is 25.8 Å². The Balaban J connectivity index is 1.98. The third-order valence-electron chi connectivity index (χ3n) is 2.86. The lowest BCUT2D eigenvalue weighted by Crippen LogP contribution is -2.90. The Morgan fingerprint density at radius 3 is 2.62 bits per heavy atom. The van der Waals surface area contributed by atoms with E-state index < -0.39 is 15.8 Å². The van der Waals surface area contributed by atoms with E-state index in [1.807, 2.05) is 0 Å². The zero-order valence-electron chi connectivity index (χ0n) is 9.39. The van der Waals surface area contributed by atoms with Gasteiger partial charge in [-0.3, -0.25) is 4.79 Å². The van der Waals surface area contributed by atoms with Crippen molar-refractivity contribution < 1.29 is 23.6 Å². The van der Waals surface area contributed by atoms with Crippen molar-refractivity contribution in [3.63, 3.8) is 0 Å². The molecule has 1 aliphatic heterocycles. The van der Waals surface area contributed by atoms with E-state index in [2.05, 4.69) is 5.32 Å². The lowest BCUT2D eigenvalue weighted by Gasteiger charge is -2.06. The van der Waals surface area contributed by atoms with Crippen molar-refractivity contribution in [3.05, 3.63) is 0 Å². The first-order valence-electron chi connectivity index (χ1n) is 5.75. The van der Waals surface area contributed by atoms with Crippen LogP contribution in [0.5, 0.6) is 0 Å². The second-order valence-corrected chi connectivity index (χ2v) is 6.62. The van der Waals surface area contributed by atoms with E-state index in [0.29, 0.717) is 17.9 Å². The first kappa shape index (κ1) is 13.4.